The van der Waals surface area contributed by atoms with Crippen LogP contribution in [0.1, 0.15) is 22.8 Å². The Morgan fingerprint density at radius 3 is 2.42 bits per heavy atom. The fourth-order valence-corrected chi connectivity index (χ4v) is 2.37. The lowest BCUT2D eigenvalue weighted by Gasteiger charge is -2.10. The number of methoxy groups -OCH3 is 1. The third kappa shape index (κ3) is 2.79. The number of hydrogen-bond donors (Lipinski definition) is 0. The molecule has 2 aromatic carbocycles. The van der Waals surface area contributed by atoms with Gasteiger partial charge in [-0.2, -0.15) is 0 Å². The second-order valence-electron chi connectivity index (χ2n) is 4.43. The van der Waals surface area contributed by atoms with E-state index in [2.05, 4.69) is 0 Å². The molecule has 2 aromatic rings. The van der Waals surface area contributed by atoms with Gasteiger partial charge in [-0.1, -0.05) is 23.7 Å². The van der Waals surface area contributed by atoms with Crippen molar-refractivity contribution < 1.29 is 9.53 Å². The van der Waals surface area contributed by atoms with Crippen LogP contribution in [0.3, 0.4) is 0 Å². The Labute approximate surface area is 118 Å². The zero-order valence-electron chi connectivity index (χ0n) is 11.2. The molecular formula is C16H15ClO2. The second-order valence-corrected chi connectivity index (χ2v) is 4.84. The number of halogens is 1. The molecule has 2 rings (SSSR count). The van der Waals surface area contributed by atoms with Crippen molar-refractivity contribution in [2.75, 3.05) is 7.11 Å². The molecule has 0 N–H and O–H groups in total. The Morgan fingerprint density at radius 1 is 1.16 bits per heavy atom. The molecule has 0 saturated heterocycles. The van der Waals surface area contributed by atoms with Crippen LogP contribution in [0, 0.1) is 6.92 Å². The predicted molar refractivity (Wildman–Crippen MR) is 78.2 cm³/mol. The highest BCUT2D eigenvalue weighted by molar-refractivity contribution is 6.34. The molecule has 19 heavy (non-hydrogen) atoms. The predicted octanol–water partition coefficient (Wildman–Crippen LogP) is 4.53. The van der Waals surface area contributed by atoms with Crippen molar-refractivity contribution >= 4 is 17.4 Å². The van der Waals surface area contributed by atoms with E-state index in [0.29, 0.717) is 10.6 Å². The summed E-state index contributed by atoms with van der Waals surface area (Å²) in [6.45, 7) is 3.53. The van der Waals surface area contributed by atoms with E-state index < -0.39 is 0 Å². The molecule has 98 valence electrons. The first kappa shape index (κ1) is 13.6. The van der Waals surface area contributed by atoms with Gasteiger partial charge in [0.25, 0.3) is 0 Å². The van der Waals surface area contributed by atoms with Gasteiger partial charge in [-0.25, -0.2) is 0 Å². The highest BCUT2D eigenvalue weighted by Gasteiger charge is 2.09. The third-order valence-corrected chi connectivity index (χ3v) is 3.41. The number of hydrogen-bond acceptors (Lipinski definition) is 2. The first-order valence-electron chi connectivity index (χ1n) is 5.98. The van der Waals surface area contributed by atoms with E-state index in [1.165, 1.54) is 6.92 Å². The van der Waals surface area contributed by atoms with Gasteiger partial charge in [-0.3, -0.25) is 4.79 Å². The van der Waals surface area contributed by atoms with Gasteiger partial charge in [0, 0.05) is 5.56 Å². The van der Waals surface area contributed by atoms with Crippen LogP contribution >= 0.6 is 11.6 Å². The molecule has 0 aliphatic heterocycles. The lowest BCUT2D eigenvalue weighted by atomic mass is 9.98. The van der Waals surface area contributed by atoms with Gasteiger partial charge >= 0.3 is 0 Å². The largest absolute Gasteiger partial charge is 0.497 e. The van der Waals surface area contributed by atoms with E-state index in [0.717, 1.165) is 22.4 Å². The van der Waals surface area contributed by atoms with E-state index in [4.69, 9.17) is 16.3 Å². The van der Waals surface area contributed by atoms with Crippen LogP contribution in [0.4, 0.5) is 0 Å². The van der Waals surface area contributed by atoms with Crippen LogP contribution in [-0.4, -0.2) is 12.9 Å². The molecule has 0 aliphatic carbocycles. The maximum absolute atomic E-state index is 11.4. The number of benzene rings is 2. The quantitative estimate of drug-likeness (QED) is 0.769. The third-order valence-electron chi connectivity index (χ3n) is 3.09. The molecule has 0 heterocycles. The van der Waals surface area contributed by atoms with Crippen molar-refractivity contribution in [2.45, 2.75) is 13.8 Å². The topological polar surface area (TPSA) is 26.3 Å². The molecule has 0 aromatic heterocycles. The molecule has 0 unspecified atom stereocenters. The van der Waals surface area contributed by atoms with Crippen LogP contribution < -0.4 is 4.74 Å². The smallest absolute Gasteiger partial charge is 0.161 e. The fourth-order valence-electron chi connectivity index (χ4n) is 2.06. The van der Waals surface area contributed by atoms with Crippen molar-refractivity contribution in [1.82, 2.24) is 0 Å². The monoisotopic (exact) mass is 274 g/mol. The van der Waals surface area contributed by atoms with Crippen molar-refractivity contribution in [3.05, 3.63) is 52.5 Å². The first-order chi connectivity index (χ1) is 9.02. The summed E-state index contributed by atoms with van der Waals surface area (Å²) in [5.74, 6) is 0.802. The number of carbonyl (C=O) groups is 1. The van der Waals surface area contributed by atoms with Gasteiger partial charge < -0.3 is 4.74 Å². The van der Waals surface area contributed by atoms with Crippen LogP contribution in [-0.2, 0) is 0 Å². The van der Waals surface area contributed by atoms with E-state index in [-0.39, 0.29) is 5.78 Å². The summed E-state index contributed by atoms with van der Waals surface area (Å²) in [7, 11) is 1.65. The van der Waals surface area contributed by atoms with Gasteiger partial charge in [-0.15, -0.1) is 0 Å². The summed E-state index contributed by atoms with van der Waals surface area (Å²) in [6, 6.07) is 11.4. The molecule has 0 aliphatic rings. The molecule has 0 spiro atoms. The number of carbonyl (C=O) groups excluding carboxylic acids is 1. The number of rotatable bonds is 3. The van der Waals surface area contributed by atoms with Gasteiger partial charge in [0.1, 0.15) is 5.75 Å². The molecular weight excluding hydrogens is 260 g/mol. The fraction of sp³-hybridized carbons (Fsp3) is 0.188. The van der Waals surface area contributed by atoms with Crippen LogP contribution in [0.15, 0.2) is 36.4 Å². The minimum Gasteiger partial charge on any atom is -0.497 e. The van der Waals surface area contributed by atoms with Gasteiger partial charge in [-0.05, 0) is 54.8 Å². The second kappa shape index (κ2) is 5.45. The summed E-state index contributed by atoms with van der Waals surface area (Å²) in [4.78, 5) is 11.4. The highest BCUT2D eigenvalue weighted by Crippen LogP contribution is 2.30. The maximum Gasteiger partial charge on any atom is 0.161 e. The Balaban J connectivity index is 2.48. The van der Waals surface area contributed by atoms with Crippen molar-refractivity contribution in [2.24, 2.45) is 0 Å². The molecule has 0 saturated carbocycles. The molecule has 0 radical (unpaired) electrons. The lowest BCUT2D eigenvalue weighted by molar-refractivity contribution is 0.101. The summed E-state index contributed by atoms with van der Waals surface area (Å²) < 4.78 is 5.19. The van der Waals surface area contributed by atoms with Crippen LogP contribution in [0.5, 0.6) is 5.75 Å². The van der Waals surface area contributed by atoms with Crippen molar-refractivity contribution in [1.29, 1.82) is 0 Å². The zero-order chi connectivity index (χ0) is 14.0. The maximum atomic E-state index is 11.4. The van der Waals surface area contributed by atoms with Gasteiger partial charge in [0.05, 0.1) is 12.1 Å². The number of aryl methyl sites for hydroxylation is 1. The van der Waals surface area contributed by atoms with E-state index in [1.54, 1.807) is 13.2 Å². The Kier molecular flexibility index (Phi) is 3.91. The minimum atomic E-state index is -0.0250. The molecule has 3 heteroatoms. The van der Waals surface area contributed by atoms with Crippen LogP contribution in [0.2, 0.25) is 5.02 Å². The average molecular weight is 275 g/mol. The standard InChI is InChI=1S/C16H15ClO2/c1-10-8-13(19-3)5-7-14(10)12-4-6-15(11(2)18)16(17)9-12/h4-9H,1-3H3. The summed E-state index contributed by atoms with van der Waals surface area (Å²) >= 11 is 6.14. The number of Topliss-reactive ketones (excluding diaryl/α,β-unsaturated/α-hetero) is 1. The van der Waals surface area contributed by atoms with Crippen molar-refractivity contribution in [3.8, 4) is 16.9 Å². The van der Waals surface area contributed by atoms with E-state index in [9.17, 15) is 4.79 Å². The average Bonchev–Trinajstić information content (AvgIpc) is 2.37. The van der Waals surface area contributed by atoms with E-state index in [1.807, 2.05) is 37.3 Å². The Bertz CT molecular complexity index is 633. The summed E-state index contributed by atoms with van der Waals surface area (Å²) in [5.41, 5.74) is 3.73. The summed E-state index contributed by atoms with van der Waals surface area (Å²) in [5, 5.41) is 0.486. The SMILES string of the molecule is COc1ccc(-c2ccc(C(C)=O)c(Cl)c2)c(C)c1. The normalized spacial score (nSPS) is 10.3. The molecule has 0 fully saturated rings. The lowest BCUT2D eigenvalue weighted by Crippen LogP contribution is -1.94. The highest BCUT2D eigenvalue weighted by atomic mass is 35.5. The van der Waals surface area contributed by atoms with Gasteiger partial charge in [0.15, 0.2) is 5.78 Å². The minimum absolute atomic E-state index is 0.0250. The summed E-state index contributed by atoms with van der Waals surface area (Å²) in [6.07, 6.45) is 0. The van der Waals surface area contributed by atoms with Crippen molar-refractivity contribution in [3.63, 3.8) is 0 Å². The number of ketones is 1. The molecule has 0 bridgehead atoms. The first-order valence-corrected chi connectivity index (χ1v) is 6.36. The van der Waals surface area contributed by atoms with Gasteiger partial charge in [0.2, 0.25) is 0 Å². The number of ether oxygens (including phenoxy) is 1. The molecule has 0 atom stereocenters. The molecule has 2 nitrogen and oxygen atoms in total. The Morgan fingerprint density at radius 2 is 1.89 bits per heavy atom. The van der Waals surface area contributed by atoms with E-state index >= 15 is 0 Å². The Hall–Kier alpha value is -1.80. The zero-order valence-corrected chi connectivity index (χ0v) is 11.9. The molecule has 0 amide bonds. The van der Waals surface area contributed by atoms with Crippen LogP contribution in [0.25, 0.3) is 11.1 Å².